The Hall–Kier alpha value is -0.610. The summed E-state index contributed by atoms with van der Waals surface area (Å²) in [5.74, 6) is 0.848. The molecule has 0 atom stereocenters. The lowest BCUT2D eigenvalue weighted by Crippen LogP contribution is -1.83. The number of hydrogen-bond donors (Lipinski definition) is 0. The van der Waals surface area contributed by atoms with E-state index in [1.807, 2.05) is 12.1 Å². The van der Waals surface area contributed by atoms with E-state index in [0.29, 0.717) is 0 Å². The largest absolute Gasteiger partial charge is 0.494 e. The smallest absolute Gasteiger partial charge is 0.145 e. The van der Waals surface area contributed by atoms with E-state index in [2.05, 4.69) is 27.0 Å². The van der Waals surface area contributed by atoms with E-state index in [1.54, 1.807) is 18.4 Å². The maximum atomic E-state index is 5.21. The number of thiazole rings is 1. The number of halogens is 1. The van der Waals surface area contributed by atoms with Crippen molar-refractivity contribution in [3.05, 3.63) is 23.2 Å². The highest BCUT2D eigenvalue weighted by molar-refractivity contribution is 9.08. The predicted octanol–water partition coefficient (Wildman–Crippen LogP) is 3.20. The van der Waals surface area contributed by atoms with Crippen LogP contribution in [0, 0.1) is 0 Å². The Balaban J connectivity index is 2.67. The van der Waals surface area contributed by atoms with Crippen LogP contribution in [0.3, 0.4) is 0 Å². The molecule has 1 aromatic carbocycles. The molecular weight excluding hydrogens is 250 g/mol. The molecule has 0 saturated carbocycles. The number of para-hydroxylation sites is 1. The van der Waals surface area contributed by atoms with Gasteiger partial charge in [-0.05, 0) is 12.1 Å². The van der Waals surface area contributed by atoms with Crippen molar-refractivity contribution in [3.8, 4) is 5.75 Å². The van der Waals surface area contributed by atoms with Gasteiger partial charge in [0.2, 0.25) is 0 Å². The van der Waals surface area contributed by atoms with Gasteiger partial charge in [-0.2, -0.15) is 0 Å². The second kappa shape index (κ2) is 3.64. The van der Waals surface area contributed by atoms with E-state index in [9.17, 15) is 0 Å². The molecule has 13 heavy (non-hydrogen) atoms. The first-order valence-electron chi connectivity index (χ1n) is 3.83. The summed E-state index contributed by atoms with van der Waals surface area (Å²) in [7, 11) is 1.67. The third-order valence-corrected chi connectivity index (χ3v) is 3.68. The first kappa shape index (κ1) is 8.97. The monoisotopic (exact) mass is 257 g/mol. The van der Waals surface area contributed by atoms with Crippen LogP contribution >= 0.6 is 27.3 Å². The van der Waals surface area contributed by atoms with Crippen LogP contribution in [0.25, 0.3) is 10.2 Å². The van der Waals surface area contributed by atoms with E-state index in [0.717, 1.165) is 21.6 Å². The Bertz CT molecular complexity index is 426. The number of ether oxygens (including phenoxy) is 1. The van der Waals surface area contributed by atoms with E-state index >= 15 is 0 Å². The van der Waals surface area contributed by atoms with Crippen LogP contribution in [-0.4, -0.2) is 12.1 Å². The zero-order valence-electron chi connectivity index (χ0n) is 7.08. The molecular formula is C9H8BrNOS. The summed E-state index contributed by atoms with van der Waals surface area (Å²) < 4.78 is 6.39. The molecule has 0 aliphatic carbocycles. The molecule has 0 aliphatic heterocycles. The minimum absolute atomic E-state index is 0.801. The summed E-state index contributed by atoms with van der Waals surface area (Å²) in [6, 6.07) is 5.97. The minimum Gasteiger partial charge on any atom is -0.494 e. The lowest BCUT2D eigenvalue weighted by molar-refractivity contribution is 0.419. The molecule has 2 nitrogen and oxygen atoms in total. The van der Waals surface area contributed by atoms with E-state index < -0.39 is 0 Å². The van der Waals surface area contributed by atoms with Crippen LogP contribution in [0.2, 0.25) is 0 Å². The third-order valence-electron chi connectivity index (χ3n) is 1.76. The van der Waals surface area contributed by atoms with Gasteiger partial charge >= 0.3 is 0 Å². The fourth-order valence-corrected chi connectivity index (χ4v) is 2.49. The van der Waals surface area contributed by atoms with Crippen molar-refractivity contribution in [2.75, 3.05) is 7.11 Å². The van der Waals surface area contributed by atoms with Crippen molar-refractivity contribution >= 4 is 37.5 Å². The number of rotatable bonds is 2. The van der Waals surface area contributed by atoms with Crippen molar-refractivity contribution < 1.29 is 4.74 Å². The Labute approximate surface area is 88.7 Å². The van der Waals surface area contributed by atoms with Gasteiger partial charge in [0.15, 0.2) is 0 Å². The Kier molecular flexibility index (Phi) is 2.51. The topological polar surface area (TPSA) is 22.1 Å². The van der Waals surface area contributed by atoms with Gasteiger partial charge in [-0.1, -0.05) is 22.0 Å². The first-order chi connectivity index (χ1) is 6.35. The molecule has 0 saturated heterocycles. The molecule has 0 spiro atoms. The van der Waals surface area contributed by atoms with Gasteiger partial charge in [0.25, 0.3) is 0 Å². The van der Waals surface area contributed by atoms with Crippen molar-refractivity contribution in [2.24, 2.45) is 0 Å². The Morgan fingerprint density at radius 3 is 3.08 bits per heavy atom. The number of methoxy groups -OCH3 is 1. The van der Waals surface area contributed by atoms with E-state index in [4.69, 9.17) is 4.74 Å². The second-order valence-corrected chi connectivity index (χ2v) is 4.22. The van der Waals surface area contributed by atoms with Crippen LogP contribution in [0.1, 0.15) is 5.01 Å². The summed E-state index contributed by atoms with van der Waals surface area (Å²) in [5, 5.41) is 1.88. The van der Waals surface area contributed by atoms with Gasteiger partial charge in [0, 0.05) is 0 Å². The fourth-order valence-electron chi connectivity index (χ4n) is 1.19. The number of hydrogen-bond acceptors (Lipinski definition) is 3. The zero-order valence-corrected chi connectivity index (χ0v) is 9.48. The summed E-state index contributed by atoms with van der Waals surface area (Å²) in [4.78, 5) is 4.45. The van der Waals surface area contributed by atoms with Crippen molar-refractivity contribution in [1.29, 1.82) is 0 Å². The molecule has 0 amide bonds. The maximum absolute atomic E-state index is 5.21. The minimum atomic E-state index is 0.801. The quantitative estimate of drug-likeness (QED) is 0.772. The zero-order chi connectivity index (χ0) is 9.26. The van der Waals surface area contributed by atoms with Crippen LogP contribution in [0.4, 0.5) is 0 Å². The van der Waals surface area contributed by atoms with Gasteiger partial charge in [-0.15, -0.1) is 11.3 Å². The number of nitrogens with zero attached hydrogens (tertiary/aromatic N) is 1. The van der Waals surface area contributed by atoms with Gasteiger partial charge in [-0.3, -0.25) is 0 Å². The SMILES string of the molecule is COc1cccc2sc(CBr)nc12. The predicted molar refractivity (Wildman–Crippen MR) is 58.8 cm³/mol. The highest BCUT2D eigenvalue weighted by Crippen LogP contribution is 2.30. The van der Waals surface area contributed by atoms with Crippen molar-refractivity contribution in [3.63, 3.8) is 0 Å². The van der Waals surface area contributed by atoms with Gasteiger partial charge in [0.05, 0.1) is 17.1 Å². The molecule has 2 rings (SSSR count). The fraction of sp³-hybridized carbons (Fsp3) is 0.222. The Morgan fingerprint density at radius 1 is 1.54 bits per heavy atom. The van der Waals surface area contributed by atoms with Gasteiger partial charge in [-0.25, -0.2) is 4.98 Å². The standard InChI is InChI=1S/C9H8BrNOS/c1-12-6-3-2-4-7-9(6)11-8(5-10)13-7/h2-4H,5H2,1H3. The molecule has 68 valence electrons. The molecule has 0 radical (unpaired) electrons. The van der Waals surface area contributed by atoms with E-state index in [1.165, 1.54) is 4.70 Å². The molecule has 2 aromatic rings. The highest BCUT2D eigenvalue weighted by Gasteiger charge is 2.06. The molecule has 1 aromatic heterocycles. The molecule has 0 unspecified atom stereocenters. The van der Waals surface area contributed by atoms with Gasteiger partial charge < -0.3 is 4.74 Å². The summed E-state index contributed by atoms with van der Waals surface area (Å²) >= 11 is 5.08. The van der Waals surface area contributed by atoms with Crippen LogP contribution < -0.4 is 4.74 Å². The average molecular weight is 258 g/mol. The summed E-state index contributed by atoms with van der Waals surface area (Å²) in [6.07, 6.45) is 0. The lowest BCUT2D eigenvalue weighted by atomic mass is 10.3. The molecule has 0 N–H and O–H groups in total. The normalized spacial score (nSPS) is 10.6. The maximum Gasteiger partial charge on any atom is 0.145 e. The average Bonchev–Trinajstić information content (AvgIpc) is 2.59. The molecule has 1 heterocycles. The molecule has 0 fully saturated rings. The lowest BCUT2D eigenvalue weighted by Gasteiger charge is -1.97. The second-order valence-electron chi connectivity index (χ2n) is 2.55. The van der Waals surface area contributed by atoms with Crippen LogP contribution in [0.5, 0.6) is 5.75 Å². The molecule has 0 aliphatic rings. The molecule has 0 bridgehead atoms. The highest BCUT2D eigenvalue weighted by atomic mass is 79.9. The van der Waals surface area contributed by atoms with Gasteiger partial charge in [0.1, 0.15) is 16.3 Å². The summed E-state index contributed by atoms with van der Waals surface area (Å²) in [6.45, 7) is 0. The van der Waals surface area contributed by atoms with E-state index in [-0.39, 0.29) is 0 Å². The first-order valence-corrected chi connectivity index (χ1v) is 5.77. The number of aromatic nitrogens is 1. The van der Waals surface area contributed by atoms with Crippen LogP contribution in [0.15, 0.2) is 18.2 Å². The summed E-state index contributed by atoms with van der Waals surface area (Å²) in [5.41, 5.74) is 0.962. The Morgan fingerprint density at radius 2 is 2.38 bits per heavy atom. The van der Waals surface area contributed by atoms with Crippen LogP contribution in [-0.2, 0) is 5.33 Å². The number of fused-ring (bicyclic) bond motifs is 1. The van der Waals surface area contributed by atoms with Crippen molar-refractivity contribution in [1.82, 2.24) is 4.98 Å². The number of benzene rings is 1. The van der Waals surface area contributed by atoms with Crippen molar-refractivity contribution in [2.45, 2.75) is 5.33 Å². The number of alkyl halides is 1. The third kappa shape index (κ3) is 1.56. The molecule has 4 heteroatoms.